The zero-order valence-corrected chi connectivity index (χ0v) is 28.3. The maximum Gasteiger partial charge on any atom is 0.227 e. The average Bonchev–Trinajstić information content (AvgIpc) is 3.67. The summed E-state index contributed by atoms with van der Waals surface area (Å²) in [5.74, 6) is 0.638. The van der Waals surface area contributed by atoms with Crippen molar-refractivity contribution in [3.05, 3.63) is 194 Å². The predicted octanol–water partition coefficient (Wildman–Crippen LogP) is 13.8. The molecular weight excluding hydrogens is 633 g/mol. The Labute approximate surface area is 301 Å². The zero-order chi connectivity index (χ0) is 34.4. The van der Waals surface area contributed by atoms with E-state index in [1.54, 1.807) is 0 Å². The summed E-state index contributed by atoms with van der Waals surface area (Å²) in [6, 6.07) is 68.9. The standard InChI is InChI=1S/C49H32N2O/c1-3-9-33(10-4-1)35-19-24-44(25-20-35)51(43-13-5-2-6-14-43)45-26-21-36-15-17-38(31-42(36)32-45)39-22-27-46-40(29-39)23-28-47-48(46)52-49(50-47)41-18-16-34-11-7-8-12-37(34)30-41/h1-32H. The Morgan fingerprint density at radius 2 is 0.885 bits per heavy atom. The van der Waals surface area contributed by atoms with Gasteiger partial charge in [-0.2, -0.15) is 0 Å². The van der Waals surface area contributed by atoms with Crippen molar-refractivity contribution in [2.45, 2.75) is 0 Å². The Hall–Kier alpha value is -6.97. The van der Waals surface area contributed by atoms with Gasteiger partial charge in [-0.05, 0) is 122 Å². The molecule has 0 aliphatic heterocycles. The lowest BCUT2D eigenvalue weighted by molar-refractivity contribution is 0.623. The van der Waals surface area contributed by atoms with Crippen LogP contribution in [-0.2, 0) is 0 Å². The van der Waals surface area contributed by atoms with Gasteiger partial charge in [0, 0.05) is 28.0 Å². The first-order valence-corrected chi connectivity index (χ1v) is 17.6. The molecule has 0 radical (unpaired) electrons. The molecule has 10 rings (SSSR count). The maximum absolute atomic E-state index is 6.44. The highest BCUT2D eigenvalue weighted by molar-refractivity contribution is 6.05. The summed E-state index contributed by atoms with van der Waals surface area (Å²) in [5, 5.41) is 6.93. The molecule has 0 atom stereocenters. The predicted molar refractivity (Wildman–Crippen MR) is 218 cm³/mol. The van der Waals surface area contributed by atoms with Gasteiger partial charge in [0.25, 0.3) is 0 Å². The van der Waals surface area contributed by atoms with Crippen molar-refractivity contribution in [3.8, 4) is 33.7 Å². The molecule has 1 aromatic heterocycles. The van der Waals surface area contributed by atoms with Crippen molar-refractivity contribution in [2.24, 2.45) is 0 Å². The fourth-order valence-corrected chi connectivity index (χ4v) is 7.35. The molecule has 9 aromatic carbocycles. The SMILES string of the molecule is c1ccc(-c2ccc(N(c3ccccc3)c3ccc4ccc(-c5ccc6c(ccc7nc(-c8ccc9ccccc9c8)oc76)c5)cc4c3)cc2)cc1. The summed E-state index contributed by atoms with van der Waals surface area (Å²) in [4.78, 5) is 7.19. The summed E-state index contributed by atoms with van der Waals surface area (Å²) >= 11 is 0. The highest BCUT2D eigenvalue weighted by Crippen LogP contribution is 2.39. The lowest BCUT2D eigenvalue weighted by Crippen LogP contribution is -2.09. The number of fused-ring (bicyclic) bond motifs is 5. The first-order valence-electron chi connectivity index (χ1n) is 17.6. The van der Waals surface area contributed by atoms with Gasteiger partial charge in [0.05, 0.1) is 0 Å². The van der Waals surface area contributed by atoms with Gasteiger partial charge in [-0.3, -0.25) is 0 Å². The van der Waals surface area contributed by atoms with Crippen LogP contribution in [0, 0.1) is 0 Å². The lowest BCUT2D eigenvalue weighted by Gasteiger charge is -2.26. The van der Waals surface area contributed by atoms with Crippen molar-refractivity contribution < 1.29 is 4.42 Å². The second-order valence-corrected chi connectivity index (χ2v) is 13.3. The molecule has 3 heteroatoms. The first kappa shape index (κ1) is 29.9. The molecule has 0 spiro atoms. The van der Waals surface area contributed by atoms with E-state index >= 15 is 0 Å². The van der Waals surface area contributed by atoms with Gasteiger partial charge >= 0.3 is 0 Å². The topological polar surface area (TPSA) is 29.3 Å². The lowest BCUT2D eigenvalue weighted by atomic mass is 9.98. The van der Waals surface area contributed by atoms with Crippen molar-refractivity contribution in [1.82, 2.24) is 4.98 Å². The molecule has 0 unspecified atom stereocenters. The average molecular weight is 665 g/mol. The van der Waals surface area contributed by atoms with Crippen LogP contribution in [0.3, 0.4) is 0 Å². The molecule has 244 valence electrons. The third-order valence-corrected chi connectivity index (χ3v) is 10.0. The van der Waals surface area contributed by atoms with Crippen LogP contribution < -0.4 is 4.90 Å². The van der Waals surface area contributed by atoms with E-state index < -0.39 is 0 Å². The van der Waals surface area contributed by atoms with E-state index in [9.17, 15) is 0 Å². The summed E-state index contributed by atoms with van der Waals surface area (Å²) in [5.41, 5.74) is 10.7. The minimum absolute atomic E-state index is 0.638. The highest BCUT2D eigenvalue weighted by Gasteiger charge is 2.15. The van der Waals surface area contributed by atoms with Crippen molar-refractivity contribution in [1.29, 1.82) is 0 Å². The van der Waals surface area contributed by atoms with Crippen LogP contribution in [-0.4, -0.2) is 4.98 Å². The van der Waals surface area contributed by atoms with Gasteiger partial charge in [-0.25, -0.2) is 4.98 Å². The third kappa shape index (κ3) is 5.37. The van der Waals surface area contributed by atoms with Gasteiger partial charge in [0.2, 0.25) is 5.89 Å². The Kier molecular flexibility index (Phi) is 7.14. The number of nitrogens with zero attached hydrogens (tertiary/aromatic N) is 2. The van der Waals surface area contributed by atoms with E-state index in [4.69, 9.17) is 9.40 Å². The number of rotatable bonds is 6. The number of oxazole rings is 1. The van der Waals surface area contributed by atoms with Crippen LogP contribution in [0.2, 0.25) is 0 Å². The van der Waals surface area contributed by atoms with E-state index in [0.717, 1.165) is 50.1 Å². The van der Waals surface area contributed by atoms with Crippen LogP contribution in [0.5, 0.6) is 0 Å². The van der Waals surface area contributed by atoms with Gasteiger partial charge < -0.3 is 9.32 Å². The molecule has 0 aliphatic carbocycles. The number of hydrogen-bond donors (Lipinski definition) is 0. The van der Waals surface area contributed by atoms with Crippen LogP contribution in [0.15, 0.2) is 199 Å². The largest absolute Gasteiger partial charge is 0.435 e. The number of anilines is 3. The van der Waals surface area contributed by atoms with E-state index in [0.29, 0.717) is 5.89 Å². The second kappa shape index (κ2) is 12.4. The summed E-state index contributed by atoms with van der Waals surface area (Å²) in [6.07, 6.45) is 0. The number of para-hydroxylation sites is 1. The van der Waals surface area contributed by atoms with E-state index in [-0.39, 0.29) is 0 Å². The number of hydrogen-bond acceptors (Lipinski definition) is 3. The van der Waals surface area contributed by atoms with Gasteiger partial charge in [0.1, 0.15) is 5.52 Å². The zero-order valence-electron chi connectivity index (χ0n) is 28.3. The fourth-order valence-electron chi connectivity index (χ4n) is 7.35. The van der Waals surface area contributed by atoms with Crippen molar-refractivity contribution in [3.63, 3.8) is 0 Å². The van der Waals surface area contributed by atoms with Crippen LogP contribution in [0.4, 0.5) is 17.1 Å². The molecule has 0 saturated heterocycles. The van der Waals surface area contributed by atoms with Crippen molar-refractivity contribution >= 4 is 60.5 Å². The quantitative estimate of drug-likeness (QED) is 0.177. The minimum atomic E-state index is 0.638. The Morgan fingerprint density at radius 3 is 1.69 bits per heavy atom. The summed E-state index contributed by atoms with van der Waals surface area (Å²) in [7, 11) is 0. The smallest absolute Gasteiger partial charge is 0.227 e. The summed E-state index contributed by atoms with van der Waals surface area (Å²) in [6.45, 7) is 0. The van der Waals surface area contributed by atoms with Crippen LogP contribution in [0.25, 0.3) is 77.1 Å². The first-order chi connectivity index (χ1) is 25.7. The van der Waals surface area contributed by atoms with E-state index in [2.05, 4.69) is 199 Å². The van der Waals surface area contributed by atoms with Gasteiger partial charge in [-0.15, -0.1) is 0 Å². The van der Waals surface area contributed by atoms with Crippen LogP contribution in [0.1, 0.15) is 0 Å². The Morgan fingerprint density at radius 1 is 0.346 bits per heavy atom. The maximum atomic E-state index is 6.44. The van der Waals surface area contributed by atoms with Gasteiger partial charge in [-0.1, -0.05) is 121 Å². The van der Waals surface area contributed by atoms with Crippen molar-refractivity contribution in [2.75, 3.05) is 4.90 Å². The molecule has 1 heterocycles. The normalized spacial score (nSPS) is 11.5. The van der Waals surface area contributed by atoms with Crippen LogP contribution >= 0.6 is 0 Å². The minimum Gasteiger partial charge on any atom is -0.435 e. The molecule has 0 bridgehead atoms. The molecule has 10 aromatic rings. The fraction of sp³-hybridized carbons (Fsp3) is 0. The molecule has 0 fully saturated rings. The molecule has 52 heavy (non-hydrogen) atoms. The van der Waals surface area contributed by atoms with E-state index in [1.165, 1.54) is 38.2 Å². The van der Waals surface area contributed by atoms with E-state index in [1.807, 2.05) is 0 Å². The van der Waals surface area contributed by atoms with Gasteiger partial charge in [0.15, 0.2) is 5.58 Å². The Bertz CT molecular complexity index is 2890. The molecule has 3 nitrogen and oxygen atoms in total. The molecule has 0 aliphatic rings. The molecular formula is C49H32N2O. The highest BCUT2D eigenvalue weighted by atomic mass is 16.3. The summed E-state index contributed by atoms with van der Waals surface area (Å²) < 4.78 is 6.44. The molecule has 0 saturated carbocycles. The third-order valence-electron chi connectivity index (χ3n) is 10.0. The Balaban J connectivity index is 1.01. The number of aromatic nitrogens is 1. The molecule has 0 amide bonds. The monoisotopic (exact) mass is 664 g/mol. The second-order valence-electron chi connectivity index (χ2n) is 13.3. The molecule has 0 N–H and O–H groups in total. The number of benzene rings is 9.